The molecule has 7 nitrogen and oxygen atoms in total. The van der Waals surface area contributed by atoms with Crippen LogP contribution in [-0.2, 0) is 9.59 Å². The largest absolute Gasteiger partial charge is 0.481 e. The molecule has 0 saturated carbocycles. The highest BCUT2D eigenvalue weighted by atomic mass is 16.5. The lowest BCUT2D eigenvalue weighted by atomic mass is 10.1. The molecule has 2 amide bonds. The van der Waals surface area contributed by atoms with Gasteiger partial charge in [0.15, 0.2) is 11.9 Å². The molecular formula is C17H22N2O5. The van der Waals surface area contributed by atoms with Crippen molar-refractivity contribution < 1.29 is 24.2 Å². The van der Waals surface area contributed by atoms with Crippen LogP contribution in [0.5, 0.6) is 5.75 Å². The first-order valence-corrected chi connectivity index (χ1v) is 8.09. The molecule has 3 N–H and O–H groups in total. The summed E-state index contributed by atoms with van der Waals surface area (Å²) in [6.45, 7) is 2.14. The molecule has 0 radical (unpaired) electrons. The monoisotopic (exact) mass is 334 g/mol. The summed E-state index contributed by atoms with van der Waals surface area (Å²) in [7, 11) is 0. The molecule has 0 fully saturated rings. The van der Waals surface area contributed by atoms with Gasteiger partial charge in [0.1, 0.15) is 0 Å². The summed E-state index contributed by atoms with van der Waals surface area (Å²) >= 11 is 0. The smallest absolute Gasteiger partial charge is 0.303 e. The fourth-order valence-corrected chi connectivity index (χ4v) is 2.46. The van der Waals surface area contributed by atoms with E-state index >= 15 is 0 Å². The molecule has 0 spiro atoms. The number of benzene rings is 1. The molecule has 1 aromatic carbocycles. The maximum Gasteiger partial charge on any atom is 0.303 e. The van der Waals surface area contributed by atoms with Crippen molar-refractivity contribution in [2.24, 2.45) is 0 Å². The van der Waals surface area contributed by atoms with Crippen molar-refractivity contribution in [3.63, 3.8) is 0 Å². The minimum Gasteiger partial charge on any atom is -0.481 e. The Bertz CT molecular complexity index is 629. The number of fused-ring (bicyclic) bond motifs is 1. The molecule has 7 heteroatoms. The zero-order valence-electron chi connectivity index (χ0n) is 13.6. The molecule has 130 valence electrons. The zero-order valence-corrected chi connectivity index (χ0v) is 13.6. The van der Waals surface area contributed by atoms with Crippen molar-refractivity contribution in [2.45, 2.75) is 45.1 Å². The van der Waals surface area contributed by atoms with Gasteiger partial charge in [-0.25, -0.2) is 0 Å². The lowest BCUT2D eigenvalue weighted by molar-refractivity contribution is -0.137. The molecule has 0 aromatic heterocycles. The first-order valence-electron chi connectivity index (χ1n) is 8.09. The zero-order chi connectivity index (χ0) is 17.5. The maximum atomic E-state index is 12.3. The molecule has 1 aromatic rings. The van der Waals surface area contributed by atoms with Gasteiger partial charge in [-0.3, -0.25) is 14.4 Å². The summed E-state index contributed by atoms with van der Waals surface area (Å²) in [5.74, 6) is -0.871. The van der Waals surface area contributed by atoms with E-state index in [1.165, 1.54) is 0 Å². The number of carbonyl (C=O) groups is 3. The molecule has 1 atom stereocenters. The Kier molecular flexibility index (Phi) is 6.17. The predicted molar refractivity (Wildman–Crippen MR) is 88.2 cm³/mol. The van der Waals surface area contributed by atoms with E-state index in [4.69, 9.17) is 9.84 Å². The van der Waals surface area contributed by atoms with Gasteiger partial charge >= 0.3 is 5.97 Å². The van der Waals surface area contributed by atoms with Gasteiger partial charge in [0.05, 0.1) is 11.3 Å². The number of para-hydroxylation sites is 1. The van der Waals surface area contributed by atoms with Gasteiger partial charge in [-0.05, 0) is 31.9 Å². The average Bonchev–Trinajstić information content (AvgIpc) is 2.54. The highest BCUT2D eigenvalue weighted by Gasteiger charge is 2.27. The molecule has 2 rings (SSSR count). The summed E-state index contributed by atoms with van der Waals surface area (Å²) in [5, 5.41) is 14.1. The van der Waals surface area contributed by atoms with Crippen LogP contribution in [0.25, 0.3) is 0 Å². The summed E-state index contributed by atoms with van der Waals surface area (Å²) in [5.41, 5.74) is 0.893. The van der Waals surface area contributed by atoms with Crippen molar-refractivity contribution in [1.82, 2.24) is 5.32 Å². The van der Waals surface area contributed by atoms with Crippen molar-refractivity contribution in [2.75, 3.05) is 11.9 Å². The third-order valence-corrected chi connectivity index (χ3v) is 3.78. The predicted octanol–water partition coefficient (Wildman–Crippen LogP) is 2.17. The molecule has 0 saturated heterocycles. The average molecular weight is 334 g/mol. The van der Waals surface area contributed by atoms with Crippen LogP contribution in [0.2, 0.25) is 0 Å². The molecule has 1 aliphatic rings. The molecular weight excluding hydrogens is 312 g/mol. The van der Waals surface area contributed by atoms with Crippen molar-refractivity contribution in [3.05, 3.63) is 23.8 Å². The lowest BCUT2D eigenvalue weighted by Crippen LogP contribution is -2.36. The van der Waals surface area contributed by atoms with Gasteiger partial charge in [0.2, 0.25) is 0 Å². The number of anilines is 1. The topological polar surface area (TPSA) is 105 Å². The second-order valence-corrected chi connectivity index (χ2v) is 5.75. The molecule has 0 bridgehead atoms. The minimum atomic E-state index is -0.779. The van der Waals surface area contributed by atoms with Crippen LogP contribution in [0.1, 0.15) is 49.4 Å². The van der Waals surface area contributed by atoms with Crippen LogP contribution in [0, 0.1) is 0 Å². The quantitative estimate of drug-likeness (QED) is 0.632. The van der Waals surface area contributed by atoms with Crippen LogP contribution in [-0.4, -0.2) is 35.5 Å². The van der Waals surface area contributed by atoms with E-state index in [-0.39, 0.29) is 18.2 Å². The van der Waals surface area contributed by atoms with E-state index in [1.807, 2.05) is 0 Å². The van der Waals surface area contributed by atoms with E-state index in [0.717, 1.165) is 19.3 Å². The third kappa shape index (κ3) is 4.71. The number of nitrogens with one attached hydrogen (secondary N) is 2. The number of carboxylic acid groups (broad SMARTS) is 1. The van der Waals surface area contributed by atoms with E-state index < -0.39 is 12.1 Å². The number of carbonyl (C=O) groups excluding carboxylic acids is 2. The van der Waals surface area contributed by atoms with E-state index in [9.17, 15) is 14.4 Å². The number of hydrogen-bond acceptors (Lipinski definition) is 4. The maximum absolute atomic E-state index is 12.3. The second-order valence-electron chi connectivity index (χ2n) is 5.75. The van der Waals surface area contributed by atoms with Gasteiger partial charge in [0.25, 0.3) is 11.8 Å². The fourth-order valence-electron chi connectivity index (χ4n) is 2.46. The van der Waals surface area contributed by atoms with E-state index in [0.29, 0.717) is 30.0 Å². The van der Waals surface area contributed by atoms with Crippen LogP contribution in [0.15, 0.2) is 18.2 Å². The summed E-state index contributed by atoms with van der Waals surface area (Å²) < 4.78 is 5.55. The normalized spacial score (nSPS) is 15.9. The number of aliphatic carboxylic acids is 1. The molecule has 1 aliphatic heterocycles. The highest BCUT2D eigenvalue weighted by molar-refractivity contribution is 6.03. The van der Waals surface area contributed by atoms with Crippen molar-refractivity contribution >= 4 is 23.5 Å². The summed E-state index contributed by atoms with van der Waals surface area (Å²) in [4.78, 5) is 34.3. The van der Waals surface area contributed by atoms with Gasteiger partial charge in [0, 0.05) is 13.0 Å². The summed E-state index contributed by atoms with van der Waals surface area (Å²) in [6, 6.07) is 5.04. The molecule has 0 aliphatic carbocycles. The van der Waals surface area contributed by atoms with Crippen molar-refractivity contribution in [1.29, 1.82) is 0 Å². The van der Waals surface area contributed by atoms with E-state index in [1.54, 1.807) is 25.1 Å². The fraction of sp³-hybridized carbons (Fsp3) is 0.471. The van der Waals surface area contributed by atoms with Crippen molar-refractivity contribution in [3.8, 4) is 5.75 Å². The van der Waals surface area contributed by atoms with Crippen LogP contribution >= 0.6 is 0 Å². The standard InChI is InChI=1S/C17H22N2O5/c1-11-16(22)19-13-8-6-7-12(15(13)24-11)17(23)18-10-5-3-2-4-9-14(20)21/h6-8,11H,2-5,9-10H2,1H3,(H,18,23)(H,19,22)(H,20,21). The Morgan fingerprint density at radius 3 is 2.75 bits per heavy atom. The Morgan fingerprint density at radius 1 is 1.25 bits per heavy atom. The van der Waals surface area contributed by atoms with Crippen LogP contribution in [0.3, 0.4) is 0 Å². The number of unbranched alkanes of at least 4 members (excludes halogenated alkanes) is 3. The first kappa shape index (κ1) is 17.8. The molecule has 1 heterocycles. The Balaban J connectivity index is 1.82. The molecule has 1 unspecified atom stereocenters. The summed E-state index contributed by atoms with van der Waals surface area (Å²) in [6.07, 6.45) is 2.68. The van der Waals surface area contributed by atoms with Crippen LogP contribution in [0.4, 0.5) is 5.69 Å². The van der Waals surface area contributed by atoms with Gasteiger partial charge in [-0.2, -0.15) is 0 Å². The van der Waals surface area contributed by atoms with Gasteiger partial charge in [-0.15, -0.1) is 0 Å². The minimum absolute atomic E-state index is 0.184. The SMILES string of the molecule is CC1Oc2c(cccc2C(=O)NCCCCCCC(=O)O)NC1=O. The van der Waals surface area contributed by atoms with Gasteiger partial charge < -0.3 is 20.5 Å². The highest BCUT2D eigenvalue weighted by Crippen LogP contribution is 2.33. The van der Waals surface area contributed by atoms with Crippen LogP contribution < -0.4 is 15.4 Å². The molecule has 24 heavy (non-hydrogen) atoms. The lowest BCUT2D eigenvalue weighted by Gasteiger charge is -2.25. The first-order chi connectivity index (χ1) is 11.5. The second kappa shape index (κ2) is 8.33. The number of hydrogen-bond donors (Lipinski definition) is 3. The third-order valence-electron chi connectivity index (χ3n) is 3.78. The Labute approximate surface area is 140 Å². The number of rotatable bonds is 8. The number of amides is 2. The number of carboxylic acids is 1. The number of ether oxygens (including phenoxy) is 1. The van der Waals surface area contributed by atoms with Gasteiger partial charge in [-0.1, -0.05) is 18.9 Å². The van der Waals surface area contributed by atoms with E-state index in [2.05, 4.69) is 10.6 Å². The Hall–Kier alpha value is -2.57. The Morgan fingerprint density at radius 2 is 2.00 bits per heavy atom.